The third kappa shape index (κ3) is 4.33. The highest BCUT2D eigenvalue weighted by molar-refractivity contribution is 5.80. The average molecular weight is 277 g/mol. The molecule has 2 N–H and O–H groups in total. The molecular formula is C15H23N3O2. The van der Waals surface area contributed by atoms with Crippen LogP contribution in [0.25, 0.3) is 0 Å². The van der Waals surface area contributed by atoms with Gasteiger partial charge in [-0.05, 0) is 24.5 Å². The van der Waals surface area contributed by atoms with Crippen molar-refractivity contribution in [3.8, 4) is 11.5 Å². The zero-order valence-corrected chi connectivity index (χ0v) is 12.3. The molecule has 2 rings (SSSR count). The number of guanidine groups is 1. The number of aliphatic imine (C=N–C) groups is 1. The molecule has 110 valence electrons. The minimum atomic E-state index is 0.570. The molecule has 5 heteroatoms. The van der Waals surface area contributed by atoms with Crippen LogP contribution in [-0.4, -0.2) is 39.3 Å². The molecule has 0 aromatic heterocycles. The second kappa shape index (κ2) is 7.03. The summed E-state index contributed by atoms with van der Waals surface area (Å²) in [6.45, 7) is 3.52. The quantitative estimate of drug-likeness (QED) is 0.471. The van der Waals surface area contributed by atoms with Crippen LogP contribution in [0, 0.1) is 5.92 Å². The number of ether oxygens (including phenoxy) is 2. The van der Waals surface area contributed by atoms with Gasteiger partial charge < -0.3 is 20.1 Å². The lowest BCUT2D eigenvalue weighted by Crippen LogP contribution is -2.40. The minimum Gasteiger partial charge on any atom is -0.497 e. The number of benzene rings is 1. The van der Waals surface area contributed by atoms with Crippen LogP contribution in [-0.2, 0) is 0 Å². The number of rotatable bonds is 6. The van der Waals surface area contributed by atoms with Crippen LogP contribution >= 0.6 is 0 Å². The molecule has 20 heavy (non-hydrogen) atoms. The van der Waals surface area contributed by atoms with Crippen LogP contribution in [0.2, 0.25) is 0 Å². The molecule has 0 heterocycles. The smallest absolute Gasteiger partial charge is 0.191 e. The topological polar surface area (TPSA) is 54.9 Å². The van der Waals surface area contributed by atoms with Crippen LogP contribution in [0.1, 0.15) is 13.3 Å². The number of methoxy groups -OCH3 is 1. The maximum atomic E-state index is 5.66. The summed E-state index contributed by atoms with van der Waals surface area (Å²) in [6.07, 6.45) is 1.22. The lowest BCUT2D eigenvalue weighted by molar-refractivity contribution is 0.319. The predicted molar refractivity (Wildman–Crippen MR) is 80.6 cm³/mol. The molecule has 0 bridgehead atoms. The van der Waals surface area contributed by atoms with Gasteiger partial charge in [0, 0.05) is 19.2 Å². The molecule has 1 aliphatic rings. The van der Waals surface area contributed by atoms with Gasteiger partial charge >= 0.3 is 0 Å². The largest absolute Gasteiger partial charge is 0.497 e. The van der Waals surface area contributed by atoms with Gasteiger partial charge in [0.1, 0.15) is 18.1 Å². The highest BCUT2D eigenvalue weighted by Crippen LogP contribution is 2.28. The normalized spacial score (nSPS) is 21.2. The van der Waals surface area contributed by atoms with Crippen molar-refractivity contribution in [1.82, 2.24) is 10.6 Å². The summed E-state index contributed by atoms with van der Waals surface area (Å²) in [7, 11) is 3.43. The number of hydrogen-bond acceptors (Lipinski definition) is 3. The Bertz CT molecular complexity index is 462. The molecule has 2 atom stereocenters. The van der Waals surface area contributed by atoms with Gasteiger partial charge in [-0.25, -0.2) is 0 Å². The molecule has 1 fully saturated rings. The number of hydrogen-bond donors (Lipinski definition) is 2. The van der Waals surface area contributed by atoms with Crippen LogP contribution in [0.4, 0.5) is 0 Å². The molecule has 0 aliphatic heterocycles. The lowest BCUT2D eigenvalue weighted by atomic mass is 10.3. The van der Waals surface area contributed by atoms with Gasteiger partial charge in [-0.1, -0.05) is 13.0 Å². The highest BCUT2D eigenvalue weighted by Gasteiger charge is 2.33. The van der Waals surface area contributed by atoms with Crippen molar-refractivity contribution < 1.29 is 9.47 Å². The van der Waals surface area contributed by atoms with Gasteiger partial charge in [0.05, 0.1) is 13.7 Å². The molecule has 0 amide bonds. The molecule has 0 radical (unpaired) electrons. The first-order valence-electron chi connectivity index (χ1n) is 6.97. The Morgan fingerprint density at radius 1 is 1.40 bits per heavy atom. The van der Waals surface area contributed by atoms with Crippen molar-refractivity contribution >= 4 is 5.96 Å². The fourth-order valence-electron chi connectivity index (χ4n) is 1.92. The van der Waals surface area contributed by atoms with E-state index in [0.29, 0.717) is 19.2 Å². The number of nitrogens with zero attached hydrogens (tertiary/aromatic N) is 1. The fourth-order valence-corrected chi connectivity index (χ4v) is 1.92. The highest BCUT2D eigenvalue weighted by atomic mass is 16.5. The summed E-state index contributed by atoms with van der Waals surface area (Å²) in [4.78, 5) is 4.19. The molecule has 1 aromatic carbocycles. The molecule has 2 unspecified atom stereocenters. The van der Waals surface area contributed by atoms with E-state index in [4.69, 9.17) is 9.47 Å². The third-order valence-electron chi connectivity index (χ3n) is 3.36. The SMILES string of the molecule is CN=C(NCCOc1cccc(OC)c1)NC1CC1C. The first kappa shape index (κ1) is 14.5. The van der Waals surface area contributed by atoms with E-state index in [1.165, 1.54) is 6.42 Å². The standard InChI is InChI=1S/C15H23N3O2/c1-11-9-14(11)18-15(16-2)17-7-8-20-13-6-4-5-12(10-13)19-3/h4-6,10-11,14H,7-9H2,1-3H3,(H2,16,17,18). The van der Waals surface area contributed by atoms with Crippen molar-refractivity contribution in [2.45, 2.75) is 19.4 Å². The molecule has 5 nitrogen and oxygen atoms in total. The van der Waals surface area contributed by atoms with Gasteiger partial charge in [-0.15, -0.1) is 0 Å². The first-order valence-corrected chi connectivity index (χ1v) is 6.97. The zero-order valence-electron chi connectivity index (χ0n) is 12.3. The van der Waals surface area contributed by atoms with E-state index >= 15 is 0 Å². The predicted octanol–water partition coefficient (Wildman–Crippen LogP) is 1.65. The Hall–Kier alpha value is -1.91. The van der Waals surface area contributed by atoms with Gasteiger partial charge in [0.25, 0.3) is 0 Å². The van der Waals surface area contributed by atoms with Gasteiger partial charge in [-0.2, -0.15) is 0 Å². The van der Waals surface area contributed by atoms with Crippen LogP contribution in [0.5, 0.6) is 11.5 Å². The summed E-state index contributed by atoms with van der Waals surface area (Å²) in [5.74, 6) is 3.20. The van der Waals surface area contributed by atoms with Gasteiger partial charge in [-0.3, -0.25) is 4.99 Å². The second-order valence-corrected chi connectivity index (χ2v) is 4.99. The second-order valence-electron chi connectivity index (χ2n) is 4.99. The van der Waals surface area contributed by atoms with Crippen LogP contribution in [0.15, 0.2) is 29.3 Å². The van der Waals surface area contributed by atoms with Gasteiger partial charge in [0.15, 0.2) is 5.96 Å². The van der Waals surface area contributed by atoms with Gasteiger partial charge in [0.2, 0.25) is 0 Å². The van der Waals surface area contributed by atoms with E-state index in [9.17, 15) is 0 Å². The molecule has 0 spiro atoms. The molecular weight excluding hydrogens is 254 g/mol. The van der Waals surface area contributed by atoms with E-state index in [-0.39, 0.29) is 0 Å². The van der Waals surface area contributed by atoms with E-state index in [0.717, 1.165) is 23.4 Å². The Morgan fingerprint density at radius 3 is 2.80 bits per heavy atom. The monoisotopic (exact) mass is 277 g/mol. The minimum absolute atomic E-state index is 0.570. The van der Waals surface area contributed by atoms with Crippen molar-refractivity contribution in [2.75, 3.05) is 27.3 Å². The summed E-state index contributed by atoms with van der Waals surface area (Å²) < 4.78 is 10.8. The number of nitrogens with one attached hydrogen (secondary N) is 2. The van der Waals surface area contributed by atoms with Crippen LogP contribution < -0.4 is 20.1 Å². The summed E-state index contributed by atoms with van der Waals surface area (Å²) in [5.41, 5.74) is 0. The summed E-state index contributed by atoms with van der Waals surface area (Å²) >= 11 is 0. The van der Waals surface area contributed by atoms with Crippen molar-refractivity contribution in [3.05, 3.63) is 24.3 Å². The molecule has 1 saturated carbocycles. The Morgan fingerprint density at radius 2 is 2.15 bits per heavy atom. The average Bonchev–Trinajstić information content (AvgIpc) is 3.17. The summed E-state index contributed by atoms with van der Waals surface area (Å²) in [6, 6.07) is 8.17. The maximum Gasteiger partial charge on any atom is 0.191 e. The summed E-state index contributed by atoms with van der Waals surface area (Å²) in [5, 5.41) is 6.61. The molecule has 1 aliphatic carbocycles. The maximum absolute atomic E-state index is 5.66. The van der Waals surface area contributed by atoms with E-state index in [1.807, 2.05) is 24.3 Å². The zero-order chi connectivity index (χ0) is 14.4. The Kier molecular flexibility index (Phi) is 5.09. The van der Waals surface area contributed by atoms with E-state index in [2.05, 4.69) is 22.5 Å². The molecule has 1 aromatic rings. The van der Waals surface area contributed by atoms with Crippen molar-refractivity contribution in [1.29, 1.82) is 0 Å². The third-order valence-corrected chi connectivity index (χ3v) is 3.36. The first-order chi connectivity index (χ1) is 9.72. The van der Waals surface area contributed by atoms with Crippen molar-refractivity contribution in [3.63, 3.8) is 0 Å². The van der Waals surface area contributed by atoms with E-state index < -0.39 is 0 Å². The molecule has 0 saturated heterocycles. The lowest BCUT2D eigenvalue weighted by Gasteiger charge is -2.12. The Labute approximate surface area is 120 Å². The Balaban J connectivity index is 1.67. The fraction of sp³-hybridized carbons (Fsp3) is 0.533. The van der Waals surface area contributed by atoms with Crippen LogP contribution in [0.3, 0.4) is 0 Å². The van der Waals surface area contributed by atoms with Crippen molar-refractivity contribution in [2.24, 2.45) is 10.9 Å². The van der Waals surface area contributed by atoms with E-state index in [1.54, 1.807) is 14.2 Å².